The molecule has 1 aliphatic carbocycles. The molecule has 6 nitrogen and oxygen atoms in total. The van der Waals surface area contributed by atoms with Crippen LogP contribution in [-0.2, 0) is 4.79 Å². The Bertz CT molecular complexity index is 451. The van der Waals surface area contributed by atoms with Gasteiger partial charge in [-0.25, -0.2) is 4.98 Å². The molecule has 6 heteroatoms. The number of aromatic nitrogens is 2. The van der Waals surface area contributed by atoms with E-state index < -0.39 is 11.4 Å². The van der Waals surface area contributed by atoms with Gasteiger partial charge in [0, 0.05) is 18.9 Å². The largest absolute Gasteiger partial charge is 0.481 e. The van der Waals surface area contributed by atoms with Crippen LogP contribution in [-0.4, -0.2) is 27.6 Å². The summed E-state index contributed by atoms with van der Waals surface area (Å²) in [7, 11) is 0. The Morgan fingerprint density at radius 2 is 2.38 bits per heavy atom. The molecule has 1 aromatic heterocycles. The molecule has 1 aliphatic rings. The number of anilines is 1. The number of nitrogens with one attached hydrogen (secondary N) is 2. The van der Waals surface area contributed by atoms with Crippen LogP contribution in [0.25, 0.3) is 0 Å². The molecule has 3 N–H and O–H groups in total. The van der Waals surface area contributed by atoms with Gasteiger partial charge in [0.15, 0.2) is 5.82 Å². The summed E-state index contributed by atoms with van der Waals surface area (Å²) in [4.78, 5) is 28.7. The third-order valence-electron chi connectivity index (χ3n) is 3.07. The van der Waals surface area contributed by atoms with E-state index in [1.807, 2.05) is 0 Å². The fourth-order valence-corrected chi connectivity index (χ4v) is 1.80. The topological polar surface area (TPSA) is 95.1 Å². The number of carboxylic acid groups (broad SMARTS) is 1. The number of carbonyl (C=O) groups is 1. The van der Waals surface area contributed by atoms with Gasteiger partial charge in [0.1, 0.15) is 0 Å². The number of aromatic amines is 1. The number of aliphatic carboxylic acids is 1. The molecule has 16 heavy (non-hydrogen) atoms. The fourth-order valence-electron chi connectivity index (χ4n) is 1.80. The molecule has 0 atom stereocenters. The number of nitrogens with zero attached hydrogens (tertiary/aromatic N) is 1. The molecular formula is C10H13N3O3. The Morgan fingerprint density at radius 1 is 1.62 bits per heavy atom. The molecule has 0 bridgehead atoms. The molecule has 86 valence electrons. The predicted molar refractivity (Wildman–Crippen MR) is 57.3 cm³/mol. The van der Waals surface area contributed by atoms with Crippen LogP contribution < -0.4 is 10.9 Å². The van der Waals surface area contributed by atoms with Gasteiger partial charge in [0.05, 0.1) is 5.41 Å². The number of hydrogen-bond donors (Lipinski definition) is 3. The molecule has 1 aromatic rings. The summed E-state index contributed by atoms with van der Waals surface area (Å²) < 4.78 is 0. The maximum Gasteiger partial charge on any atom is 0.311 e. The number of hydrogen-bond acceptors (Lipinski definition) is 4. The summed E-state index contributed by atoms with van der Waals surface area (Å²) in [5.74, 6) is -0.631. The maximum absolute atomic E-state index is 11.3. The Kier molecular flexibility index (Phi) is 2.64. The van der Waals surface area contributed by atoms with Crippen LogP contribution in [0, 0.1) is 5.41 Å². The van der Waals surface area contributed by atoms with Crippen LogP contribution in [0.3, 0.4) is 0 Å². The van der Waals surface area contributed by atoms with Crippen molar-refractivity contribution in [2.75, 3.05) is 11.9 Å². The van der Waals surface area contributed by atoms with E-state index in [9.17, 15) is 9.59 Å². The smallest absolute Gasteiger partial charge is 0.311 e. The number of H-pyrrole nitrogens is 1. The fraction of sp³-hybridized carbons (Fsp3) is 0.500. The molecule has 0 amide bonds. The molecule has 1 heterocycles. The lowest BCUT2D eigenvalue weighted by atomic mass is 9.69. The summed E-state index contributed by atoms with van der Waals surface area (Å²) in [6.45, 7) is 0.252. The summed E-state index contributed by atoms with van der Waals surface area (Å²) in [6, 6.07) is 0. The lowest BCUT2D eigenvalue weighted by molar-refractivity contribution is -0.153. The molecular weight excluding hydrogens is 210 g/mol. The average Bonchev–Trinajstić information content (AvgIpc) is 2.18. The molecule has 1 fully saturated rings. The first-order chi connectivity index (χ1) is 7.64. The van der Waals surface area contributed by atoms with Gasteiger partial charge in [0.25, 0.3) is 5.56 Å². The van der Waals surface area contributed by atoms with Crippen LogP contribution in [0.1, 0.15) is 19.3 Å². The van der Waals surface area contributed by atoms with Crippen molar-refractivity contribution in [3.8, 4) is 0 Å². The Hall–Kier alpha value is -1.85. The minimum Gasteiger partial charge on any atom is -0.481 e. The Balaban J connectivity index is 2.05. The highest BCUT2D eigenvalue weighted by molar-refractivity contribution is 5.76. The van der Waals surface area contributed by atoms with Crippen molar-refractivity contribution in [3.63, 3.8) is 0 Å². The molecule has 1 saturated carbocycles. The first-order valence-electron chi connectivity index (χ1n) is 5.15. The summed E-state index contributed by atoms with van der Waals surface area (Å²) in [5, 5.41) is 11.9. The van der Waals surface area contributed by atoms with Crippen LogP contribution in [0.2, 0.25) is 0 Å². The quantitative estimate of drug-likeness (QED) is 0.688. The predicted octanol–water partition coefficient (Wildman–Crippen LogP) is 0.437. The first kappa shape index (κ1) is 10.7. The molecule has 0 aliphatic heterocycles. The third kappa shape index (κ3) is 1.78. The molecule has 2 rings (SSSR count). The van der Waals surface area contributed by atoms with Crippen molar-refractivity contribution in [1.82, 2.24) is 9.97 Å². The molecule has 0 radical (unpaired) electrons. The average molecular weight is 223 g/mol. The van der Waals surface area contributed by atoms with Crippen LogP contribution in [0.15, 0.2) is 17.2 Å². The zero-order valence-corrected chi connectivity index (χ0v) is 8.69. The van der Waals surface area contributed by atoms with E-state index in [1.54, 1.807) is 0 Å². The molecule has 0 saturated heterocycles. The van der Waals surface area contributed by atoms with Gasteiger partial charge in [-0.1, -0.05) is 6.42 Å². The monoisotopic (exact) mass is 223 g/mol. The van der Waals surface area contributed by atoms with Gasteiger partial charge in [-0.15, -0.1) is 0 Å². The van der Waals surface area contributed by atoms with Gasteiger partial charge < -0.3 is 15.4 Å². The van der Waals surface area contributed by atoms with Gasteiger partial charge in [-0.2, -0.15) is 0 Å². The minimum atomic E-state index is -0.807. The zero-order chi connectivity index (χ0) is 11.6. The van der Waals surface area contributed by atoms with Crippen molar-refractivity contribution in [3.05, 3.63) is 22.7 Å². The highest BCUT2D eigenvalue weighted by atomic mass is 16.4. The second kappa shape index (κ2) is 3.96. The Morgan fingerprint density at radius 3 is 2.88 bits per heavy atom. The van der Waals surface area contributed by atoms with Gasteiger partial charge in [-0.3, -0.25) is 9.59 Å². The SMILES string of the molecule is O=C(O)C1(CNc2ncc[nH]c2=O)CCC1. The maximum atomic E-state index is 11.3. The zero-order valence-electron chi connectivity index (χ0n) is 8.69. The summed E-state index contributed by atoms with van der Waals surface area (Å²) in [6.07, 6.45) is 5.12. The van der Waals surface area contributed by atoms with Crippen LogP contribution in [0.4, 0.5) is 5.82 Å². The van der Waals surface area contributed by atoms with Gasteiger partial charge in [0.2, 0.25) is 0 Å². The van der Waals surface area contributed by atoms with E-state index in [0.29, 0.717) is 12.8 Å². The van der Waals surface area contributed by atoms with E-state index in [4.69, 9.17) is 5.11 Å². The lowest BCUT2D eigenvalue weighted by Crippen LogP contribution is -2.44. The van der Waals surface area contributed by atoms with E-state index >= 15 is 0 Å². The first-order valence-corrected chi connectivity index (χ1v) is 5.15. The minimum absolute atomic E-state index is 0.176. The van der Waals surface area contributed by atoms with Crippen LogP contribution >= 0.6 is 0 Å². The van der Waals surface area contributed by atoms with Crippen molar-refractivity contribution in [1.29, 1.82) is 0 Å². The summed E-state index contributed by atoms with van der Waals surface area (Å²) in [5.41, 5.74) is -1.05. The van der Waals surface area contributed by atoms with Gasteiger partial charge in [-0.05, 0) is 12.8 Å². The van der Waals surface area contributed by atoms with Crippen molar-refractivity contribution >= 4 is 11.8 Å². The number of carboxylic acids is 1. The normalized spacial score (nSPS) is 17.5. The summed E-state index contributed by atoms with van der Waals surface area (Å²) >= 11 is 0. The molecule has 0 aromatic carbocycles. The highest BCUT2D eigenvalue weighted by Crippen LogP contribution is 2.40. The van der Waals surface area contributed by atoms with Gasteiger partial charge >= 0.3 is 5.97 Å². The second-order valence-electron chi connectivity index (χ2n) is 4.06. The second-order valence-corrected chi connectivity index (χ2v) is 4.06. The van der Waals surface area contributed by atoms with E-state index in [0.717, 1.165) is 6.42 Å². The van der Waals surface area contributed by atoms with E-state index in [-0.39, 0.29) is 17.9 Å². The Labute approximate surface area is 91.7 Å². The lowest BCUT2D eigenvalue weighted by Gasteiger charge is -2.37. The number of rotatable bonds is 4. The van der Waals surface area contributed by atoms with Crippen molar-refractivity contribution < 1.29 is 9.90 Å². The van der Waals surface area contributed by atoms with Crippen molar-refractivity contribution in [2.24, 2.45) is 5.41 Å². The standard InChI is InChI=1S/C10H13N3O3/c14-8-7(11-4-5-12-8)13-6-10(9(15)16)2-1-3-10/h4-5H,1-3,6H2,(H,11,13)(H,12,14)(H,15,16). The third-order valence-corrected chi connectivity index (χ3v) is 3.07. The van der Waals surface area contributed by atoms with E-state index in [2.05, 4.69) is 15.3 Å². The van der Waals surface area contributed by atoms with Crippen molar-refractivity contribution in [2.45, 2.75) is 19.3 Å². The molecule has 0 spiro atoms. The highest BCUT2D eigenvalue weighted by Gasteiger charge is 2.44. The van der Waals surface area contributed by atoms with Crippen LogP contribution in [0.5, 0.6) is 0 Å². The molecule has 0 unspecified atom stereocenters. The van der Waals surface area contributed by atoms with E-state index in [1.165, 1.54) is 12.4 Å².